The maximum absolute atomic E-state index is 9.97. The molecule has 0 aliphatic carbocycles. The third-order valence-corrected chi connectivity index (χ3v) is 10.7. The standard InChI is InChI=1S/C50H28N6/c51-28-32-17-19-33(20-18-32)44-27-50(56-46-16-8-6-14-41(46)43-24-22-35(26-48(43)56)39-12-4-2-10-37(39)30-53)54-31-49(44)55-45-15-7-5-13-40(45)42-23-21-34(25-47(42)55)38-11-3-1-9-36(38)29-52/h1-27,31H. The van der Waals surface area contributed by atoms with Crippen molar-refractivity contribution in [3.63, 3.8) is 0 Å². The molecule has 6 heteroatoms. The Bertz CT molecular complexity index is 3340. The van der Waals surface area contributed by atoms with Crippen molar-refractivity contribution in [1.82, 2.24) is 14.1 Å². The molecule has 6 nitrogen and oxygen atoms in total. The van der Waals surface area contributed by atoms with Crippen LogP contribution in [0.3, 0.4) is 0 Å². The van der Waals surface area contributed by atoms with E-state index in [1.165, 1.54) is 0 Å². The summed E-state index contributed by atoms with van der Waals surface area (Å²) in [6.07, 6.45) is 1.94. The number of hydrogen-bond donors (Lipinski definition) is 0. The monoisotopic (exact) mass is 712 g/mol. The molecule has 7 aromatic carbocycles. The van der Waals surface area contributed by atoms with Crippen molar-refractivity contribution >= 4 is 43.6 Å². The van der Waals surface area contributed by atoms with Gasteiger partial charge in [0, 0.05) is 27.1 Å². The van der Waals surface area contributed by atoms with Crippen LogP contribution >= 0.6 is 0 Å². The molecule has 0 radical (unpaired) electrons. The van der Waals surface area contributed by atoms with Gasteiger partial charge in [-0.1, -0.05) is 109 Å². The van der Waals surface area contributed by atoms with E-state index < -0.39 is 0 Å². The molecular formula is C50H28N6. The highest BCUT2D eigenvalue weighted by Crippen LogP contribution is 2.40. The van der Waals surface area contributed by atoms with Crippen LogP contribution in [0.15, 0.2) is 170 Å². The predicted molar refractivity (Wildman–Crippen MR) is 223 cm³/mol. The highest BCUT2D eigenvalue weighted by molar-refractivity contribution is 6.12. The number of benzene rings is 7. The molecule has 0 saturated heterocycles. The first kappa shape index (κ1) is 32.4. The Morgan fingerprint density at radius 1 is 0.393 bits per heavy atom. The minimum Gasteiger partial charge on any atom is -0.307 e. The Morgan fingerprint density at radius 3 is 1.45 bits per heavy atom. The maximum atomic E-state index is 9.97. The number of aromatic nitrogens is 3. The van der Waals surface area contributed by atoms with Gasteiger partial charge in [0.2, 0.25) is 0 Å². The summed E-state index contributed by atoms with van der Waals surface area (Å²) in [5, 5.41) is 34.0. The summed E-state index contributed by atoms with van der Waals surface area (Å²) in [5.41, 5.74) is 12.2. The number of nitrogens with zero attached hydrogens (tertiary/aromatic N) is 6. The van der Waals surface area contributed by atoms with Crippen molar-refractivity contribution in [3.05, 3.63) is 187 Å². The van der Waals surface area contributed by atoms with Crippen LogP contribution < -0.4 is 0 Å². The van der Waals surface area contributed by atoms with Crippen molar-refractivity contribution in [2.75, 3.05) is 0 Å². The summed E-state index contributed by atoms with van der Waals surface area (Å²) >= 11 is 0. The molecule has 10 rings (SSSR count). The zero-order valence-corrected chi connectivity index (χ0v) is 29.8. The molecule has 3 heterocycles. The lowest BCUT2D eigenvalue weighted by Crippen LogP contribution is -2.03. The summed E-state index contributed by atoms with van der Waals surface area (Å²) in [7, 11) is 0. The van der Waals surface area contributed by atoms with E-state index in [2.05, 4.69) is 106 Å². The molecule has 0 aliphatic heterocycles. The third kappa shape index (κ3) is 5.05. The average Bonchev–Trinajstić information content (AvgIpc) is 3.78. The summed E-state index contributed by atoms with van der Waals surface area (Å²) < 4.78 is 4.46. The number of fused-ring (bicyclic) bond motifs is 6. The van der Waals surface area contributed by atoms with Gasteiger partial charge >= 0.3 is 0 Å². The molecular weight excluding hydrogens is 685 g/mol. The van der Waals surface area contributed by atoms with Gasteiger partial charge in [-0.25, -0.2) is 4.98 Å². The molecule has 0 fully saturated rings. The summed E-state index contributed by atoms with van der Waals surface area (Å²) in [6.45, 7) is 0. The zero-order chi connectivity index (χ0) is 37.8. The van der Waals surface area contributed by atoms with Crippen LogP contribution in [0.5, 0.6) is 0 Å². The Labute approximate surface area is 322 Å². The zero-order valence-electron chi connectivity index (χ0n) is 29.8. The number of para-hydroxylation sites is 2. The van der Waals surface area contributed by atoms with E-state index in [4.69, 9.17) is 4.98 Å². The van der Waals surface area contributed by atoms with E-state index in [1.54, 1.807) is 0 Å². The van der Waals surface area contributed by atoms with Gasteiger partial charge in [-0.2, -0.15) is 15.8 Å². The first-order chi connectivity index (χ1) is 27.6. The van der Waals surface area contributed by atoms with Crippen molar-refractivity contribution in [1.29, 1.82) is 15.8 Å². The van der Waals surface area contributed by atoms with Gasteiger partial charge in [-0.15, -0.1) is 0 Å². The van der Waals surface area contributed by atoms with Crippen molar-refractivity contribution in [3.8, 4) is 63.1 Å². The van der Waals surface area contributed by atoms with Crippen LogP contribution in [-0.4, -0.2) is 14.1 Å². The molecule has 0 bridgehead atoms. The van der Waals surface area contributed by atoms with Gasteiger partial charge in [0.25, 0.3) is 0 Å². The SMILES string of the molecule is N#Cc1ccc(-c2cc(-n3c4ccccc4c4ccc(-c5ccccc5C#N)cc43)ncc2-n2c3ccccc3c3ccc(-c4ccccc4C#N)cc32)cc1. The number of rotatable bonds is 5. The van der Waals surface area contributed by atoms with Gasteiger partial charge in [0.05, 0.1) is 68.8 Å². The molecule has 0 spiro atoms. The predicted octanol–water partition coefficient (Wildman–Crippen LogP) is 11.9. The van der Waals surface area contributed by atoms with Crippen molar-refractivity contribution < 1.29 is 0 Å². The minimum atomic E-state index is 0.579. The Morgan fingerprint density at radius 2 is 0.875 bits per heavy atom. The van der Waals surface area contributed by atoms with Gasteiger partial charge in [-0.3, -0.25) is 4.57 Å². The smallest absolute Gasteiger partial charge is 0.138 e. The maximum Gasteiger partial charge on any atom is 0.138 e. The summed E-state index contributed by atoms with van der Waals surface area (Å²) in [4.78, 5) is 5.25. The third-order valence-electron chi connectivity index (χ3n) is 10.7. The molecule has 3 aromatic heterocycles. The lowest BCUT2D eigenvalue weighted by molar-refractivity contribution is 1.06. The fraction of sp³-hybridized carbons (Fsp3) is 0. The normalized spacial score (nSPS) is 11.2. The lowest BCUT2D eigenvalue weighted by atomic mass is 9.99. The second-order valence-electron chi connectivity index (χ2n) is 13.7. The topological polar surface area (TPSA) is 94.1 Å². The van der Waals surface area contributed by atoms with E-state index in [0.29, 0.717) is 16.7 Å². The van der Waals surface area contributed by atoms with Crippen LogP contribution in [0.1, 0.15) is 16.7 Å². The highest BCUT2D eigenvalue weighted by atomic mass is 15.1. The van der Waals surface area contributed by atoms with Crippen LogP contribution in [0, 0.1) is 34.0 Å². The molecule has 0 unspecified atom stereocenters. The number of pyridine rings is 1. The van der Waals surface area contributed by atoms with E-state index in [-0.39, 0.29) is 0 Å². The largest absolute Gasteiger partial charge is 0.307 e. The second kappa shape index (κ2) is 13.0. The molecule has 0 N–H and O–H groups in total. The molecule has 0 saturated carbocycles. The summed E-state index contributed by atoms with van der Waals surface area (Å²) in [5.74, 6) is 0.731. The lowest BCUT2D eigenvalue weighted by Gasteiger charge is -2.17. The molecule has 258 valence electrons. The first-order valence-corrected chi connectivity index (χ1v) is 18.2. The van der Waals surface area contributed by atoms with Gasteiger partial charge < -0.3 is 4.57 Å². The molecule has 56 heavy (non-hydrogen) atoms. The van der Waals surface area contributed by atoms with E-state index in [1.807, 2.05) is 91.1 Å². The van der Waals surface area contributed by atoms with Crippen LogP contribution in [0.4, 0.5) is 0 Å². The quantitative estimate of drug-likeness (QED) is 0.177. The van der Waals surface area contributed by atoms with Gasteiger partial charge in [0.15, 0.2) is 0 Å². The Kier molecular flexibility index (Phi) is 7.53. The summed E-state index contributed by atoms with van der Waals surface area (Å²) in [6, 6.07) is 61.6. The number of hydrogen-bond acceptors (Lipinski definition) is 4. The average molecular weight is 713 g/mol. The van der Waals surface area contributed by atoms with Crippen LogP contribution in [0.2, 0.25) is 0 Å². The Balaban J connectivity index is 1.27. The fourth-order valence-electron chi connectivity index (χ4n) is 8.14. The first-order valence-electron chi connectivity index (χ1n) is 18.2. The van der Waals surface area contributed by atoms with Crippen LogP contribution in [0.25, 0.3) is 88.5 Å². The van der Waals surface area contributed by atoms with Crippen molar-refractivity contribution in [2.45, 2.75) is 0 Å². The minimum absolute atomic E-state index is 0.579. The molecule has 0 atom stereocenters. The second-order valence-corrected chi connectivity index (χ2v) is 13.7. The van der Waals surface area contributed by atoms with Gasteiger partial charge in [-0.05, 0) is 82.4 Å². The number of nitriles is 3. The van der Waals surface area contributed by atoms with Gasteiger partial charge in [0.1, 0.15) is 5.82 Å². The molecule has 10 aromatic rings. The fourth-order valence-corrected chi connectivity index (χ4v) is 8.14. The van der Waals surface area contributed by atoms with Crippen LogP contribution in [-0.2, 0) is 0 Å². The highest BCUT2D eigenvalue weighted by Gasteiger charge is 2.21. The molecule has 0 aliphatic rings. The van der Waals surface area contributed by atoms with E-state index in [9.17, 15) is 15.8 Å². The Hall–Kier alpha value is -8.24. The van der Waals surface area contributed by atoms with E-state index in [0.717, 1.165) is 88.5 Å². The van der Waals surface area contributed by atoms with E-state index >= 15 is 0 Å². The van der Waals surface area contributed by atoms with Crippen molar-refractivity contribution in [2.24, 2.45) is 0 Å². The molecule has 0 amide bonds.